The summed E-state index contributed by atoms with van der Waals surface area (Å²) in [5.74, 6) is 0.576. The zero-order valence-electron chi connectivity index (χ0n) is 13.3. The molecule has 0 spiro atoms. The third-order valence-electron chi connectivity index (χ3n) is 3.88. The minimum atomic E-state index is -0.559. The fraction of sp³-hybridized carbons (Fsp3) is 0.0556. The molecule has 0 aliphatic carbocycles. The van der Waals surface area contributed by atoms with E-state index in [0.717, 1.165) is 5.56 Å². The van der Waals surface area contributed by atoms with Gasteiger partial charge in [0.15, 0.2) is 0 Å². The topological polar surface area (TPSA) is 60.9 Å². The van der Waals surface area contributed by atoms with Crippen LogP contribution in [0.3, 0.4) is 0 Å². The first kappa shape index (κ1) is 17.1. The van der Waals surface area contributed by atoms with E-state index in [1.807, 2.05) is 13.0 Å². The maximum atomic E-state index is 12.5. The van der Waals surface area contributed by atoms with Crippen molar-refractivity contribution < 1.29 is 4.42 Å². The first-order valence-electron chi connectivity index (χ1n) is 7.55. The molecular weight excluding hydrogens is 397 g/mol. The fourth-order valence-corrected chi connectivity index (χ4v) is 3.64. The second-order valence-electron chi connectivity index (χ2n) is 5.61. The van der Waals surface area contributed by atoms with Gasteiger partial charge in [0.2, 0.25) is 5.89 Å². The molecule has 5 nitrogen and oxygen atoms in total. The molecule has 0 atom stereocenters. The summed E-state index contributed by atoms with van der Waals surface area (Å²) in [5, 5.41) is 1.36. The number of benzene rings is 1. The first-order chi connectivity index (χ1) is 12.5. The molecule has 0 aliphatic rings. The molecular formula is C18H10Cl3N3O2. The highest BCUT2D eigenvalue weighted by Crippen LogP contribution is 2.35. The molecule has 26 heavy (non-hydrogen) atoms. The van der Waals surface area contributed by atoms with Crippen LogP contribution in [0.5, 0.6) is 0 Å². The van der Waals surface area contributed by atoms with Crippen LogP contribution < -0.4 is 5.63 Å². The van der Waals surface area contributed by atoms with E-state index in [-0.39, 0.29) is 5.89 Å². The highest BCUT2D eigenvalue weighted by Gasteiger charge is 2.22. The molecule has 8 heteroatoms. The van der Waals surface area contributed by atoms with E-state index in [4.69, 9.17) is 39.2 Å². The Labute approximate surface area is 162 Å². The third kappa shape index (κ3) is 2.78. The second kappa shape index (κ2) is 6.43. The van der Waals surface area contributed by atoms with Gasteiger partial charge in [0.1, 0.15) is 16.7 Å². The monoisotopic (exact) mass is 405 g/mol. The van der Waals surface area contributed by atoms with Gasteiger partial charge in [-0.2, -0.15) is 0 Å². The van der Waals surface area contributed by atoms with Crippen molar-refractivity contribution in [1.82, 2.24) is 14.5 Å². The van der Waals surface area contributed by atoms with Gasteiger partial charge in [-0.1, -0.05) is 40.9 Å². The molecule has 0 saturated heterocycles. The largest absolute Gasteiger partial charge is 0.401 e. The van der Waals surface area contributed by atoms with Gasteiger partial charge in [0, 0.05) is 11.2 Å². The predicted molar refractivity (Wildman–Crippen MR) is 103 cm³/mol. The number of hydrogen-bond acceptors (Lipinski definition) is 4. The molecule has 3 heterocycles. The lowest BCUT2D eigenvalue weighted by Gasteiger charge is -2.10. The molecule has 0 bridgehead atoms. The molecule has 130 valence electrons. The van der Waals surface area contributed by atoms with Gasteiger partial charge in [0.25, 0.3) is 0 Å². The maximum absolute atomic E-state index is 12.5. The van der Waals surface area contributed by atoms with E-state index in [2.05, 4.69) is 9.97 Å². The van der Waals surface area contributed by atoms with Crippen molar-refractivity contribution in [1.29, 1.82) is 0 Å². The number of aromatic nitrogens is 3. The van der Waals surface area contributed by atoms with Gasteiger partial charge >= 0.3 is 5.63 Å². The standard InChI is InChI=1S/C18H10Cl3N3O2/c1-9-6-10(19)7-11-15(9)23-17(26-18(11)25)16-12(20)8-13(21)24(16)14-4-2-3-5-22-14/h2-8H,1H3. The summed E-state index contributed by atoms with van der Waals surface area (Å²) in [4.78, 5) is 21.2. The Morgan fingerprint density at radius 2 is 1.92 bits per heavy atom. The Bertz CT molecular complexity index is 1200. The lowest BCUT2D eigenvalue weighted by Crippen LogP contribution is -2.07. The van der Waals surface area contributed by atoms with Gasteiger partial charge < -0.3 is 4.42 Å². The van der Waals surface area contributed by atoms with E-state index >= 15 is 0 Å². The Kier molecular flexibility index (Phi) is 4.23. The Morgan fingerprint density at radius 3 is 2.65 bits per heavy atom. The number of pyridine rings is 1. The van der Waals surface area contributed by atoms with E-state index in [9.17, 15) is 4.79 Å². The quantitative estimate of drug-likeness (QED) is 0.452. The van der Waals surface area contributed by atoms with Crippen molar-refractivity contribution in [2.24, 2.45) is 0 Å². The van der Waals surface area contributed by atoms with Crippen LogP contribution in [0.1, 0.15) is 5.56 Å². The zero-order chi connectivity index (χ0) is 18.4. The third-order valence-corrected chi connectivity index (χ3v) is 4.66. The first-order valence-corrected chi connectivity index (χ1v) is 8.68. The van der Waals surface area contributed by atoms with Crippen molar-refractivity contribution in [3.63, 3.8) is 0 Å². The van der Waals surface area contributed by atoms with Crippen LogP contribution >= 0.6 is 34.8 Å². The van der Waals surface area contributed by atoms with Crippen LogP contribution in [0.15, 0.2) is 51.8 Å². The van der Waals surface area contributed by atoms with Gasteiger partial charge in [-0.3, -0.25) is 4.57 Å². The van der Waals surface area contributed by atoms with E-state index in [1.165, 1.54) is 6.07 Å². The van der Waals surface area contributed by atoms with Crippen LogP contribution in [0.25, 0.3) is 28.3 Å². The van der Waals surface area contributed by atoms with Crippen molar-refractivity contribution in [2.75, 3.05) is 0 Å². The lowest BCUT2D eigenvalue weighted by atomic mass is 10.1. The summed E-state index contributed by atoms with van der Waals surface area (Å²) in [7, 11) is 0. The van der Waals surface area contributed by atoms with Crippen molar-refractivity contribution in [2.45, 2.75) is 6.92 Å². The second-order valence-corrected chi connectivity index (χ2v) is 6.84. The lowest BCUT2D eigenvalue weighted by molar-refractivity contribution is 0.514. The highest BCUT2D eigenvalue weighted by molar-refractivity contribution is 6.36. The molecule has 0 radical (unpaired) electrons. The summed E-state index contributed by atoms with van der Waals surface area (Å²) < 4.78 is 7.00. The average molecular weight is 407 g/mol. The molecule has 0 saturated carbocycles. The smallest absolute Gasteiger partial charge is 0.347 e. The Hall–Kier alpha value is -2.34. The average Bonchev–Trinajstić information content (AvgIpc) is 2.90. The number of hydrogen-bond donors (Lipinski definition) is 0. The Balaban J connectivity index is 2.05. The van der Waals surface area contributed by atoms with Crippen LogP contribution in [-0.4, -0.2) is 14.5 Å². The van der Waals surface area contributed by atoms with Gasteiger partial charge in [-0.25, -0.2) is 14.8 Å². The molecule has 4 rings (SSSR count). The zero-order valence-corrected chi connectivity index (χ0v) is 15.6. The number of rotatable bonds is 2. The van der Waals surface area contributed by atoms with Gasteiger partial charge in [-0.05, 0) is 42.8 Å². The number of fused-ring (bicyclic) bond motifs is 1. The molecule has 0 N–H and O–H groups in total. The van der Waals surface area contributed by atoms with Gasteiger partial charge in [-0.15, -0.1) is 0 Å². The van der Waals surface area contributed by atoms with Crippen molar-refractivity contribution in [3.8, 4) is 17.4 Å². The maximum Gasteiger partial charge on any atom is 0.347 e. The molecule has 0 unspecified atom stereocenters. The van der Waals surface area contributed by atoms with Crippen LogP contribution in [-0.2, 0) is 0 Å². The molecule has 1 aromatic carbocycles. The van der Waals surface area contributed by atoms with Crippen LogP contribution in [0.4, 0.5) is 0 Å². The molecule has 0 amide bonds. The molecule has 0 aliphatic heterocycles. The highest BCUT2D eigenvalue weighted by atomic mass is 35.5. The van der Waals surface area contributed by atoms with Crippen molar-refractivity contribution >= 4 is 45.7 Å². The number of nitrogens with zero attached hydrogens (tertiary/aromatic N) is 3. The van der Waals surface area contributed by atoms with Crippen LogP contribution in [0, 0.1) is 6.92 Å². The molecule has 3 aromatic heterocycles. The molecule has 0 fully saturated rings. The fourth-order valence-electron chi connectivity index (χ4n) is 2.77. The summed E-state index contributed by atoms with van der Waals surface area (Å²) in [6.45, 7) is 1.82. The minimum absolute atomic E-state index is 0.0514. The van der Waals surface area contributed by atoms with Crippen LogP contribution in [0.2, 0.25) is 15.2 Å². The summed E-state index contributed by atoms with van der Waals surface area (Å²) in [5.41, 5.74) is 1.03. The summed E-state index contributed by atoms with van der Waals surface area (Å²) in [6.07, 6.45) is 1.62. The molecule has 4 aromatic rings. The predicted octanol–water partition coefficient (Wildman–Crippen LogP) is 5.31. The minimum Gasteiger partial charge on any atom is -0.401 e. The SMILES string of the molecule is Cc1cc(Cl)cc2c(=O)oc(-c3c(Cl)cc(Cl)n3-c3ccccn3)nc12. The number of aryl methyl sites for hydroxylation is 1. The van der Waals surface area contributed by atoms with E-state index < -0.39 is 5.63 Å². The Morgan fingerprint density at radius 1 is 1.12 bits per heavy atom. The number of halogens is 3. The van der Waals surface area contributed by atoms with Crippen molar-refractivity contribution in [3.05, 3.63) is 73.8 Å². The summed E-state index contributed by atoms with van der Waals surface area (Å²) in [6, 6.07) is 10.2. The van der Waals surface area contributed by atoms with Gasteiger partial charge in [0.05, 0.1) is 15.9 Å². The normalized spacial score (nSPS) is 11.2. The summed E-state index contributed by atoms with van der Waals surface area (Å²) >= 11 is 18.7. The van der Waals surface area contributed by atoms with E-state index in [1.54, 1.807) is 35.0 Å². The van der Waals surface area contributed by atoms with E-state index in [0.29, 0.717) is 37.6 Å².